The highest BCUT2D eigenvalue weighted by atomic mass is 32.2. The number of rotatable bonds is 6. The monoisotopic (exact) mass is 404 g/mol. The van der Waals surface area contributed by atoms with Gasteiger partial charge in [-0.2, -0.15) is 8.42 Å². The van der Waals surface area contributed by atoms with Crippen molar-refractivity contribution in [1.29, 1.82) is 0 Å². The molecule has 0 spiro atoms. The van der Waals surface area contributed by atoms with Gasteiger partial charge in [0.25, 0.3) is 5.91 Å². The van der Waals surface area contributed by atoms with Crippen LogP contribution in [0.3, 0.4) is 0 Å². The van der Waals surface area contributed by atoms with Crippen LogP contribution in [0.5, 0.6) is 5.75 Å². The summed E-state index contributed by atoms with van der Waals surface area (Å²) < 4.78 is 31.7. The van der Waals surface area contributed by atoms with E-state index in [4.69, 9.17) is 4.74 Å². The number of anilines is 1. The van der Waals surface area contributed by atoms with Crippen LogP contribution < -0.4 is 9.03 Å². The Morgan fingerprint density at radius 3 is 2.54 bits per heavy atom. The molecule has 1 fully saturated rings. The molecule has 1 heterocycles. The van der Waals surface area contributed by atoms with Gasteiger partial charge in [-0.1, -0.05) is 36.4 Å². The number of nitrogens with one attached hydrogen (secondary N) is 1. The first-order valence-corrected chi connectivity index (χ1v) is 10.1. The van der Waals surface area contributed by atoms with Gasteiger partial charge in [-0.15, -0.1) is 0 Å². The van der Waals surface area contributed by atoms with Crippen LogP contribution >= 0.6 is 0 Å². The second kappa shape index (κ2) is 7.89. The molecule has 0 aliphatic carbocycles. The van der Waals surface area contributed by atoms with E-state index in [-0.39, 0.29) is 30.4 Å². The molecule has 1 saturated heterocycles. The van der Waals surface area contributed by atoms with Crippen LogP contribution in [-0.4, -0.2) is 38.6 Å². The van der Waals surface area contributed by atoms with Gasteiger partial charge >= 0.3 is 16.2 Å². The van der Waals surface area contributed by atoms with Crippen molar-refractivity contribution in [3.8, 4) is 5.75 Å². The molecule has 2 aromatic carbocycles. The fourth-order valence-corrected chi connectivity index (χ4v) is 4.23. The van der Waals surface area contributed by atoms with Crippen molar-refractivity contribution in [3.63, 3.8) is 0 Å². The van der Waals surface area contributed by atoms with Gasteiger partial charge in [0, 0.05) is 0 Å². The highest BCUT2D eigenvalue weighted by Crippen LogP contribution is 2.33. The minimum absolute atomic E-state index is 0.00510. The molecule has 148 valence electrons. The van der Waals surface area contributed by atoms with Gasteiger partial charge in [0.15, 0.2) is 0 Å². The third-order valence-corrected chi connectivity index (χ3v) is 5.73. The molecule has 0 radical (unpaired) electrons. The van der Waals surface area contributed by atoms with Gasteiger partial charge in [0.05, 0.1) is 18.2 Å². The van der Waals surface area contributed by atoms with Crippen molar-refractivity contribution in [1.82, 2.24) is 4.72 Å². The summed E-state index contributed by atoms with van der Waals surface area (Å²) in [4.78, 5) is 23.8. The van der Waals surface area contributed by atoms with Gasteiger partial charge < -0.3 is 9.84 Å². The van der Waals surface area contributed by atoms with Crippen LogP contribution in [0.1, 0.15) is 24.0 Å². The van der Waals surface area contributed by atoms with E-state index in [0.29, 0.717) is 5.56 Å². The van der Waals surface area contributed by atoms with Crippen LogP contribution in [0.2, 0.25) is 0 Å². The second-order valence-electron chi connectivity index (χ2n) is 6.28. The van der Waals surface area contributed by atoms with Gasteiger partial charge in [0.2, 0.25) is 0 Å². The number of hydrogen-bond acceptors (Lipinski definition) is 6. The predicted octanol–water partition coefficient (Wildman–Crippen LogP) is 1.46. The van der Waals surface area contributed by atoms with Crippen molar-refractivity contribution in [2.45, 2.75) is 19.3 Å². The zero-order valence-electron chi connectivity index (χ0n) is 15.2. The quantitative estimate of drug-likeness (QED) is 0.705. The topological polar surface area (TPSA) is 113 Å². The first kappa shape index (κ1) is 19.7. The maximum Gasteiger partial charge on any atom is 0.326 e. The number of benzene rings is 2. The molecule has 9 heteroatoms. The van der Waals surface area contributed by atoms with Crippen LogP contribution in [0.4, 0.5) is 5.69 Å². The van der Waals surface area contributed by atoms with Gasteiger partial charge in [-0.05, 0) is 36.6 Å². The first-order chi connectivity index (χ1) is 13.3. The van der Waals surface area contributed by atoms with E-state index >= 15 is 0 Å². The number of carbonyl (C=O) groups excluding carboxylic acids is 2. The maximum atomic E-state index is 12.4. The van der Waals surface area contributed by atoms with Crippen molar-refractivity contribution in [2.24, 2.45) is 0 Å². The van der Waals surface area contributed by atoms with Gasteiger partial charge in [0.1, 0.15) is 12.3 Å². The summed E-state index contributed by atoms with van der Waals surface area (Å²) in [6.07, 6.45) is 0.265. The van der Waals surface area contributed by atoms with Crippen LogP contribution in [-0.2, 0) is 31.0 Å². The minimum Gasteiger partial charge on any atom is -0.506 e. The predicted molar refractivity (Wildman–Crippen MR) is 102 cm³/mol. The Balaban J connectivity index is 1.88. The van der Waals surface area contributed by atoms with Crippen molar-refractivity contribution in [3.05, 3.63) is 59.7 Å². The number of carbonyl (C=O) groups is 2. The van der Waals surface area contributed by atoms with Gasteiger partial charge in [-0.25, -0.2) is 9.03 Å². The minimum atomic E-state index is -4.01. The average molecular weight is 404 g/mol. The molecule has 1 amide bonds. The number of phenols is 1. The fourth-order valence-electron chi connectivity index (χ4n) is 3.07. The molecule has 3 rings (SSSR count). The number of hydrogen-bond donors (Lipinski definition) is 2. The molecule has 8 nitrogen and oxygen atoms in total. The molecule has 1 atom stereocenters. The number of esters is 1. The van der Waals surface area contributed by atoms with E-state index in [0.717, 1.165) is 9.87 Å². The zero-order chi connectivity index (χ0) is 20.3. The van der Waals surface area contributed by atoms with E-state index < -0.39 is 28.6 Å². The SMILES string of the molecule is CCOC(=O)C(Cc1ccc(N2CC(=O)NS2(=O)=O)c(O)c1)c1ccccc1. The lowest BCUT2D eigenvalue weighted by Gasteiger charge is -2.19. The van der Waals surface area contributed by atoms with Crippen molar-refractivity contribution in [2.75, 3.05) is 17.5 Å². The molecule has 0 saturated carbocycles. The average Bonchev–Trinajstić information content (AvgIpc) is 2.92. The zero-order valence-corrected chi connectivity index (χ0v) is 16.0. The van der Waals surface area contributed by atoms with Crippen molar-refractivity contribution >= 4 is 27.8 Å². The normalized spacial score (nSPS) is 16.5. The molecule has 28 heavy (non-hydrogen) atoms. The van der Waals surface area contributed by atoms with Crippen LogP contribution in [0.15, 0.2) is 48.5 Å². The molecular weight excluding hydrogens is 384 g/mol. The smallest absolute Gasteiger partial charge is 0.326 e. The lowest BCUT2D eigenvalue weighted by atomic mass is 9.92. The third-order valence-electron chi connectivity index (χ3n) is 4.34. The van der Waals surface area contributed by atoms with E-state index in [9.17, 15) is 23.1 Å². The number of phenolic OH excluding ortho intramolecular Hbond substituents is 1. The summed E-state index contributed by atoms with van der Waals surface area (Å²) in [5.74, 6) is -1.91. The van der Waals surface area contributed by atoms with E-state index in [1.807, 2.05) is 35.1 Å². The highest BCUT2D eigenvalue weighted by Gasteiger charge is 2.35. The number of nitrogens with zero attached hydrogens (tertiary/aromatic N) is 1. The molecule has 1 aliphatic heterocycles. The Morgan fingerprint density at radius 1 is 1.25 bits per heavy atom. The Hall–Kier alpha value is -3.07. The van der Waals surface area contributed by atoms with Crippen molar-refractivity contribution < 1.29 is 27.9 Å². The second-order valence-corrected chi connectivity index (χ2v) is 7.87. The van der Waals surface area contributed by atoms with Crippen LogP contribution in [0.25, 0.3) is 0 Å². The lowest BCUT2D eigenvalue weighted by molar-refractivity contribution is -0.145. The fraction of sp³-hybridized carbons (Fsp3) is 0.263. The molecule has 2 N–H and O–H groups in total. The Kier molecular flexibility index (Phi) is 5.55. The lowest BCUT2D eigenvalue weighted by Crippen LogP contribution is -2.29. The summed E-state index contributed by atoms with van der Waals surface area (Å²) in [5, 5.41) is 10.3. The van der Waals surface area contributed by atoms with Gasteiger partial charge in [-0.3, -0.25) is 9.59 Å². The largest absolute Gasteiger partial charge is 0.506 e. The molecule has 1 unspecified atom stereocenters. The van der Waals surface area contributed by atoms with E-state index in [2.05, 4.69) is 0 Å². The number of aromatic hydroxyl groups is 1. The Morgan fingerprint density at radius 2 is 1.96 bits per heavy atom. The molecule has 1 aliphatic rings. The number of amides is 1. The Bertz CT molecular complexity index is 991. The molecule has 2 aromatic rings. The van der Waals surface area contributed by atoms with E-state index in [1.54, 1.807) is 13.0 Å². The summed E-state index contributed by atoms with van der Waals surface area (Å²) in [5.41, 5.74) is 1.40. The highest BCUT2D eigenvalue weighted by molar-refractivity contribution is 7.92. The molecule has 0 aromatic heterocycles. The molecule has 0 bridgehead atoms. The van der Waals surface area contributed by atoms with E-state index in [1.165, 1.54) is 12.1 Å². The summed E-state index contributed by atoms with van der Waals surface area (Å²) in [6, 6.07) is 13.6. The summed E-state index contributed by atoms with van der Waals surface area (Å²) >= 11 is 0. The Labute approximate surface area is 162 Å². The standard InChI is InChI=1S/C19H20N2O6S/c1-2-27-19(24)15(14-6-4-3-5-7-14)10-13-8-9-16(17(22)11-13)21-12-18(23)20-28(21,25)26/h3-9,11,15,22H,2,10,12H2,1H3,(H,20,23). The summed E-state index contributed by atoms with van der Waals surface area (Å²) in [6.45, 7) is 1.58. The van der Waals surface area contributed by atoms with Crippen LogP contribution in [0, 0.1) is 0 Å². The summed E-state index contributed by atoms with van der Waals surface area (Å²) in [7, 11) is -4.01. The first-order valence-electron chi connectivity index (χ1n) is 8.68. The number of ether oxygens (including phenoxy) is 1. The molecular formula is C19H20N2O6S. The third kappa shape index (κ3) is 4.09. The maximum absolute atomic E-state index is 12.4.